The van der Waals surface area contributed by atoms with Gasteiger partial charge < -0.3 is 15.5 Å². The van der Waals surface area contributed by atoms with Crippen molar-refractivity contribution in [2.24, 2.45) is 0 Å². The third kappa shape index (κ3) is 5.91. The molecule has 0 aliphatic rings. The normalized spacial score (nSPS) is 11.6. The van der Waals surface area contributed by atoms with Gasteiger partial charge in [0.1, 0.15) is 11.5 Å². The molecule has 0 saturated carbocycles. The maximum Gasteiger partial charge on any atom is 0.237 e. The van der Waals surface area contributed by atoms with E-state index in [1.165, 1.54) is 43.3 Å². The Morgan fingerprint density at radius 3 is 2.11 bits per heavy atom. The van der Waals surface area contributed by atoms with E-state index < -0.39 is 28.6 Å². The molecular formula is C19H20F3N3O2S. The minimum atomic E-state index is -0.792. The summed E-state index contributed by atoms with van der Waals surface area (Å²) in [6, 6.07) is 7.37. The zero-order valence-corrected chi connectivity index (χ0v) is 16.4. The molecule has 9 heteroatoms. The van der Waals surface area contributed by atoms with Gasteiger partial charge in [0.2, 0.25) is 11.8 Å². The Kier molecular flexibility index (Phi) is 7.33. The quantitative estimate of drug-likeness (QED) is 0.726. The average molecular weight is 411 g/mol. The number of hydrogen-bond donors (Lipinski definition) is 2. The summed E-state index contributed by atoms with van der Waals surface area (Å²) < 4.78 is 40.8. The van der Waals surface area contributed by atoms with Crippen molar-refractivity contribution in [1.29, 1.82) is 0 Å². The van der Waals surface area contributed by atoms with Crippen LogP contribution in [0.15, 0.2) is 36.4 Å². The van der Waals surface area contributed by atoms with Crippen LogP contribution in [0.25, 0.3) is 0 Å². The molecule has 0 aliphatic carbocycles. The molecule has 28 heavy (non-hydrogen) atoms. The van der Waals surface area contributed by atoms with E-state index in [1.807, 2.05) is 0 Å². The predicted molar refractivity (Wildman–Crippen MR) is 106 cm³/mol. The molecule has 2 N–H and O–H groups in total. The van der Waals surface area contributed by atoms with Crippen LogP contribution in [0.1, 0.15) is 6.92 Å². The van der Waals surface area contributed by atoms with Crippen molar-refractivity contribution in [2.45, 2.75) is 12.2 Å². The lowest BCUT2D eigenvalue weighted by atomic mass is 10.2. The summed E-state index contributed by atoms with van der Waals surface area (Å²) in [5.74, 6) is -2.86. The highest BCUT2D eigenvalue weighted by atomic mass is 32.2. The number of nitrogens with zero attached hydrogens (tertiary/aromatic N) is 1. The maximum atomic E-state index is 14.0. The summed E-state index contributed by atoms with van der Waals surface area (Å²) in [5.41, 5.74) is 0.239. The van der Waals surface area contributed by atoms with Gasteiger partial charge in [-0.3, -0.25) is 9.59 Å². The van der Waals surface area contributed by atoms with Gasteiger partial charge in [0.15, 0.2) is 11.6 Å². The monoisotopic (exact) mass is 411 g/mol. The number of benzene rings is 2. The number of halogens is 3. The molecule has 0 bridgehead atoms. The second-order valence-electron chi connectivity index (χ2n) is 6.18. The first-order chi connectivity index (χ1) is 13.2. The number of carbonyl (C=O) groups excluding carboxylic acids is 2. The predicted octanol–water partition coefficient (Wildman–Crippen LogP) is 3.87. The van der Waals surface area contributed by atoms with Crippen molar-refractivity contribution in [3.63, 3.8) is 0 Å². The molecule has 1 atom stereocenters. The molecule has 1 unspecified atom stereocenters. The van der Waals surface area contributed by atoms with Gasteiger partial charge in [-0.1, -0.05) is 0 Å². The highest BCUT2D eigenvalue weighted by Crippen LogP contribution is 2.26. The second-order valence-corrected chi connectivity index (χ2v) is 7.51. The van der Waals surface area contributed by atoms with Crippen LogP contribution in [-0.4, -0.2) is 36.9 Å². The van der Waals surface area contributed by atoms with Gasteiger partial charge >= 0.3 is 0 Å². The van der Waals surface area contributed by atoms with E-state index in [0.29, 0.717) is 5.69 Å². The molecule has 5 nitrogen and oxygen atoms in total. The van der Waals surface area contributed by atoms with Gasteiger partial charge in [-0.25, -0.2) is 13.2 Å². The highest BCUT2D eigenvalue weighted by Gasteiger charge is 2.18. The third-order valence-corrected chi connectivity index (χ3v) is 4.84. The number of nitrogens with one attached hydrogen (secondary N) is 2. The molecule has 0 radical (unpaired) electrons. The fraction of sp³-hybridized carbons (Fsp3) is 0.263. The molecule has 0 saturated heterocycles. The SMILES string of the molecule is CC(SCC(=O)Nc1ccc(F)cc1)C(=O)Nc1cc(F)c(N(C)C)c(F)c1. The molecule has 0 aromatic heterocycles. The first-order valence-electron chi connectivity index (χ1n) is 8.31. The number of carbonyl (C=O) groups is 2. The van der Waals surface area contributed by atoms with E-state index in [9.17, 15) is 22.8 Å². The third-order valence-electron chi connectivity index (χ3n) is 3.69. The number of amides is 2. The van der Waals surface area contributed by atoms with Crippen LogP contribution in [0.3, 0.4) is 0 Å². The molecular weight excluding hydrogens is 391 g/mol. The van der Waals surface area contributed by atoms with Crippen LogP contribution in [0.5, 0.6) is 0 Å². The van der Waals surface area contributed by atoms with Crippen LogP contribution in [0.4, 0.5) is 30.2 Å². The van der Waals surface area contributed by atoms with Gasteiger partial charge in [0.05, 0.1) is 11.0 Å². The van der Waals surface area contributed by atoms with Crippen LogP contribution < -0.4 is 15.5 Å². The van der Waals surface area contributed by atoms with Crippen molar-refractivity contribution in [1.82, 2.24) is 0 Å². The van der Waals surface area contributed by atoms with E-state index in [4.69, 9.17) is 0 Å². The molecule has 150 valence electrons. The summed E-state index contributed by atoms with van der Waals surface area (Å²) in [7, 11) is 3.02. The Morgan fingerprint density at radius 2 is 1.57 bits per heavy atom. The van der Waals surface area contributed by atoms with Gasteiger partial charge in [-0.2, -0.15) is 0 Å². The Hall–Kier alpha value is -2.68. The highest BCUT2D eigenvalue weighted by molar-refractivity contribution is 8.01. The fourth-order valence-corrected chi connectivity index (χ4v) is 3.00. The first-order valence-corrected chi connectivity index (χ1v) is 9.36. The number of thioether (sulfide) groups is 1. The Labute approximate surface area is 165 Å². The molecule has 2 amide bonds. The van der Waals surface area contributed by atoms with Crippen LogP contribution in [0.2, 0.25) is 0 Å². The van der Waals surface area contributed by atoms with Crippen molar-refractivity contribution in [3.05, 3.63) is 53.8 Å². The van der Waals surface area contributed by atoms with Gasteiger partial charge in [-0.05, 0) is 43.3 Å². The zero-order chi connectivity index (χ0) is 20.8. The number of anilines is 3. The van der Waals surface area contributed by atoms with E-state index in [1.54, 1.807) is 6.92 Å². The summed E-state index contributed by atoms with van der Waals surface area (Å²) >= 11 is 1.06. The standard InChI is InChI=1S/C19H20F3N3O2S/c1-11(28-10-17(26)23-13-6-4-12(20)5-7-13)19(27)24-14-8-15(21)18(25(2)3)16(22)9-14/h4-9,11H,10H2,1-3H3,(H,23,26)(H,24,27). The Morgan fingerprint density at radius 1 is 1.00 bits per heavy atom. The molecule has 2 aromatic carbocycles. The number of hydrogen-bond acceptors (Lipinski definition) is 4. The Bertz CT molecular complexity index is 837. The minimum absolute atomic E-state index is 0.00573. The summed E-state index contributed by atoms with van der Waals surface area (Å²) in [6.07, 6.45) is 0. The molecule has 0 heterocycles. The summed E-state index contributed by atoms with van der Waals surface area (Å²) in [5, 5.41) is 4.38. The molecule has 0 aliphatic heterocycles. The first kappa shape index (κ1) is 21.6. The second kappa shape index (κ2) is 9.50. The lowest BCUT2D eigenvalue weighted by molar-refractivity contribution is -0.115. The van der Waals surface area contributed by atoms with Crippen LogP contribution in [0, 0.1) is 17.5 Å². The van der Waals surface area contributed by atoms with Crippen molar-refractivity contribution in [2.75, 3.05) is 35.4 Å². The molecule has 2 rings (SSSR count). The van der Waals surface area contributed by atoms with Crippen LogP contribution >= 0.6 is 11.8 Å². The van der Waals surface area contributed by atoms with Crippen molar-refractivity contribution >= 4 is 40.6 Å². The average Bonchev–Trinajstić information content (AvgIpc) is 2.60. The topological polar surface area (TPSA) is 61.4 Å². The van der Waals surface area contributed by atoms with E-state index in [-0.39, 0.29) is 23.0 Å². The van der Waals surface area contributed by atoms with Gasteiger partial charge in [-0.15, -0.1) is 11.8 Å². The van der Waals surface area contributed by atoms with Crippen molar-refractivity contribution < 1.29 is 22.8 Å². The largest absolute Gasteiger partial charge is 0.373 e. The molecule has 0 spiro atoms. The van der Waals surface area contributed by atoms with Gasteiger partial charge in [0, 0.05) is 25.5 Å². The smallest absolute Gasteiger partial charge is 0.237 e. The van der Waals surface area contributed by atoms with E-state index >= 15 is 0 Å². The van der Waals surface area contributed by atoms with E-state index in [2.05, 4.69) is 10.6 Å². The van der Waals surface area contributed by atoms with Crippen LogP contribution in [-0.2, 0) is 9.59 Å². The molecule has 2 aromatic rings. The van der Waals surface area contributed by atoms with E-state index in [0.717, 1.165) is 23.9 Å². The molecule has 0 fully saturated rings. The minimum Gasteiger partial charge on any atom is -0.373 e. The summed E-state index contributed by atoms with van der Waals surface area (Å²) in [4.78, 5) is 25.4. The van der Waals surface area contributed by atoms with Gasteiger partial charge in [0.25, 0.3) is 0 Å². The lowest BCUT2D eigenvalue weighted by Gasteiger charge is -2.17. The lowest BCUT2D eigenvalue weighted by Crippen LogP contribution is -2.25. The fourth-order valence-electron chi connectivity index (χ4n) is 2.32. The summed E-state index contributed by atoms with van der Waals surface area (Å²) in [6.45, 7) is 1.58. The Balaban J connectivity index is 1.89. The zero-order valence-electron chi connectivity index (χ0n) is 15.6. The van der Waals surface area contributed by atoms with Crippen molar-refractivity contribution in [3.8, 4) is 0 Å². The number of rotatable bonds is 7. The maximum absolute atomic E-state index is 14.0.